The molecule has 0 bridgehead atoms. The number of rotatable bonds is 3. The van der Waals surface area contributed by atoms with Crippen LogP contribution in [0.5, 0.6) is 0 Å². The average Bonchev–Trinajstić information content (AvgIpc) is 2.48. The largest absolute Gasteiger partial charge is 0.444 e. The SMILES string of the molecule is CN1CCN(CC(=O)N2CCC(NC(=O)OC(C)(C)C)CC2)CC1. The number of ether oxygens (including phenoxy) is 1. The molecule has 0 unspecified atom stereocenters. The van der Waals surface area contributed by atoms with Crippen molar-refractivity contribution >= 4 is 12.0 Å². The van der Waals surface area contributed by atoms with Crippen molar-refractivity contribution in [2.45, 2.75) is 45.3 Å². The monoisotopic (exact) mass is 340 g/mol. The van der Waals surface area contributed by atoms with Gasteiger partial charge in [0.15, 0.2) is 0 Å². The van der Waals surface area contributed by atoms with Crippen molar-refractivity contribution in [3.63, 3.8) is 0 Å². The summed E-state index contributed by atoms with van der Waals surface area (Å²) in [6.45, 7) is 11.4. The van der Waals surface area contributed by atoms with Crippen LogP contribution in [0.1, 0.15) is 33.6 Å². The first-order valence-electron chi connectivity index (χ1n) is 8.91. The van der Waals surface area contributed by atoms with Crippen LogP contribution in [0.4, 0.5) is 4.79 Å². The van der Waals surface area contributed by atoms with E-state index in [9.17, 15) is 9.59 Å². The van der Waals surface area contributed by atoms with Gasteiger partial charge in [-0.15, -0.1) is 0 Å². The van der Waals surface area contributed by atoms with Crippen LogP contribution in [0.25, 0.3) is 0 Å². The molecule has 2 aliphatic rings. The highest BCUT2D eigenvalue weighted by atomic mass is 16.6. The lowest BCUT2D eigenvalue weighted by Gasteiger charge is -2.36. The summed E-state index contributed by atoms with van der Waals surface area (Å²) >= 11 is 0. The number of nitrogens with one attached hydrogen (secondary N) is 1. The second kappa shape index (κ2) is 8.16. The first kappa shape index (κ1) is 19.0. The number of amides is 2. The molecule has 0 radical (unpaired) electrons. The molecule has 7 nitrogen and oxygen atoms in total. The van der Waals surface area contributed by atoms with Gasteiger partial charge in [-0.2, -0.15) is 0 Å². The number of nitrogens with zero attached hydrogens (tertiary/aromatic N) is 3. The van der Waals surface area contributed by atoms with E-state index >= 15 is 0 Å². The fourth-order valence-electron chi connectivity index (χ4n) is 3.04. The third-order valence-corrected chi connectivity index (χ3v) is 4.52. The van der Waals surface area contributed by atoms with Crippen molar-refractivity contribution in [3.8, 4) is 0 Å². The summed E-state index contributed by atoms with van der Waals surface area (Å²) in [6, 6.07) is 0.0903. The molecular weight excluding hydrogens is 308 g/mol. The topological polar surface area (TPSA) is 65.1 Å². The Morgan fingerprint density at radius 3 is 2.17 bits per heavy atom. The van der Waals surface area contributed by atoms with E-state index < -0.39 is 5.60 Å². The van der Waals surface area contributed by atoms with Gasteiger partial charge in [-0.05, 0) is 40.7 Å². The maximum atomic E-state index is 12.4. The molecule has 138 valence electrons. The predicted octanol–water partition coefficient (Wildman–Crippen LogP) is 0.750. The fraction of sp³-hybridized carbons (Fsp3) is 0.882. The number of carbonyl (C=O) groups is 2. The van der Waals surface area contributed by atoms with Crippen LogP contribution < -0.4 is 5.32 Å². The van der Waals surface area contributed by atoms with Gasteiger partial charge in [0.1, 0.15) is 5.60 Å². The average molecular weight is 340 g/mol. The summed E-state index contributed by atoms with van der Waals surface area (Å²) in [4.78, 5) is 30.7. The first-order chi connectivity index (χ1) is 11.2. The second-order valence-corrected chi connectivity index (χ2v) is 7.88. The molecule has 0 aromatic carbocycles. The number of likely N-dealkylation sites (tertiary alicyclic amines) is 1. The Kier molecular flexibility index (Phi) is 6.46. The Bertz CT molecular complexity index is 434. The Morgan fingerprint density at radius 2 is 1.62 bits per heavy atom. The summed E-state index contributed by atoms with van der Waals surface area (Å²) < 4.78 is 5.28. The molecule has 2 saturated heterocycles. The molecule has 0 aromatic heterocycles. The Labute approximate surface area is 145 Å². The van der Waals surface area contributed by atoms with Gasteiger partial charge in [-0.3, -0.25) is 9.69 Å². The van der Waals surface area contributed by atoms with Crippen molar-refractivity contribution in [1.29, 1.82) is 0 Å². The molecule has 24 heavy (non-hydrogen) atoms. The fourth-order valence-corrected chi connectivity index (χ4v) is 3.04. The number of hydrogen-bond donors (Lipinski definition) is 1. The molecule has 2 aliphatic heterocycles. The van der Waals surface area contributed by atoms with E-state index in [1.807, 2.05) is 25.7 Å². The van der Waals surface area contributed by atoms with Crippen LogP contribution in [0.15, 0.2) is 0 Å². The van der Waals surface area contributed by atoms with Gasteiger partial charge >= 0.3 is 6.09 Å². The third-order valence-electron chi connectivity index (χ3n) is 4.52. The maximum Gasteiger partial charge on any atom is 0.407 e. The molecule has 0 spiro atoms. The Balaban J connectivity index is 1.68. The molecule has 2 amide bonds. The molecule has 2 rings (SSSR count). The van der Waals surface area contributed by atoms with E-state index in [4.69, 9.17) is 4.74 Å². The van der Waals surface area contributed by atoms with Gasteiger partial charge in [0, 0.05) is 45.3 Å². The minimum absolute atomic E-state index is 0.0903. The van der Waals surface area contributed by atoms with E-state index in [0.29, 0.717) is 19.6 Å². The van der Waals surface area contributed by atoms with Crippen molar-refractivity contribution in [2.75, 3.05) is 52.9 Å². The summed E-state index contributed by atoms with van der Waals surface area (Å²) in [7, 11) is 2.11. The summed E-state index contributed by atoms with van der Waals surface area (Å²) in [5.74, 6) is 0.204. The van der Waals surface area contributed by atoms with E-state index in [1.54, 1.807) is 0 Å². The van der Waals surface area contributed by atoms with Gasteiger partial charge in [0.2, 0.25) is 5.91 Å². The zero-order valence-corrected chi connectivity index (χ0v) is 15.5. The van der Waals surface area contributed by atoms with Crippen molar-refractivity contribution < 1.29 is 14.3 Å². The Hall–Kier alpha value is -1.34. The zero-order chi connectivity index (χ0) is 17.7. The van der Waals surface area contributed by atoms with Crippen LogP contribution in [0, 0.1) is 0 Å². The highest BCUT2D eigenvalue weighted by Gasteiger charge is 2.27. The minimum atomic E-state index is -0.483. The number of hydrogen-bond acceptors (Lipinski definition) is 5. The molecule has 0 aromatic rings. The molecule has 7 heteroatoms. The van der Waals surface area contributed by atoms with E-state index in [2.05, 4.69) is 22.2 Å². The summed E-state index contributed by atoms with van der Waals surface area (Å²) in [5.41, 5.74) is -0.483. The van der Waals surface area contributed by atoms with Gasteiger partial charge < -0.3 is 19.9 Å². The highest BCUT2D eigenvalue weighted by Crippen LogP contribution is 2.13. The number of likely N-dealkylation sites (N-methyl/N-ethyl adjacent to an activating group) is 1. The van der Waals surface area contributed by atoms with Crippen molar-refractivity contribution in [2.24, 2.45) is 0 Å². The van der Waals surface area contributed by atoms with Crippen LogP contribution >= 0.6 is 0 Å². The van der Waals surface area contributed by atoms with Crippen LogP contribution in [0.2, 0.25) is 0 Å². The van der Waals surface area contributed by atoms with E-state index in [0.717, 1.165) is 39.0 Å². The van der Waals surface area contributed by atoms with E-state index in [-0.39, 0.29) is 18.0 Å². The molecular formula is C17H32N4O3. The van der Waals surface area contributed by atoms with Crippen molar-refractivity contribution in [3.05, 3.63) is 0 Å². The van der Waals surface area contributed by atoms with Gasteiger partial charge in [0.25, 0.3) is 0 Å². The lowest BCUT2D eigenvalue weighted by Crippen LogP contribution is -2.52. The minimum Gasteiger partial charge on any atom is -0.444 e. The maximum absolute atomic E-state index is 12.4. The van der Waals surface area contributed by atoms with Gasteiger partial charge in [0.05, 0.1) is 6.54 Å². The number of carbonyl (C=O) groups excluding carboxylic acids is 2. The van der Waals surface area contributed by atoms with Crippen molar-refractivity contribution in [1.82, 2.24) is 20.0 Å². The highest BCUT2D eigenvalue weighted by molar-refractivity contribution is 5.78. The first-order valence-corrected chi connectivity index (χ1v) is 8.91. The standard InChI is InChI=1S/C17H32N4O3/c1-17(2,3)24-16(23)18-14-5-7-21(8-6-14)15(22)13-20-11-9-19(4)10-12-20/h14H,5-13H2,1-4H3,(H,18,23). The van der Waals surface area contributed by atoms with Gasteiger partial charge in [-0.25, -0.2) is 4.79 Å². The van der Waals surface area contributed by atoms with Gasteiger partial charge in [-0.1, -0.05) is 0 Å². The molecule has 0 atom stereocenters. The lowest BCUT2D eigenvalue weighted by atomic mass is 10.1. The molecule has 0 aliphatic carbocycles. The quantitative estimate of drug-likeness (QED) is 0.821. The zero-order valence-electron chi connectivity index (χ0n) is 15.5. The number of alkyl carbamates (subject to hydrolysis) is 1. The number of piperazine rings is 1. The normalized spacial score (nSPS) is 21.6. The van der Waals surface area contributed by atoms with Crippen LogP contribution in [-0.4, -0.2) is 91.2 Å². The molecule has 2 heterocycles. The third kappa shape index (κ3) is 6.28. The smallest absolute Gasteiger partial charge is 0.407 e. The molecule has 0 saturated carbocycles. The predicted molar refractivity (Wildman–Crippen MR) is 92.9 cm³/mol. The number of piperidine rings is 1. The Morgan fingerprint density at radius 1 is 1.04 bits per heavy atom. The molecule has 2 fully saturated rings. The summed E-state index contributed by atoms with van der Waals surface area (Å²) in [5, 5.41) is 2.91. The lowest BCUT2D eigenvalue weighted by molar-refractivity contribution is -0.133. The van der Waals surface area contributed by atoms with E-state index in [1.165, 1.54) is 0 Å². The molecule has 1 N–H and O–H groups in total. The summed E-state index contributed by atoms with van der Waals surface area (Å²) in [6.07, 6.45) is 1.20. The second-order valence-electron chi connectivity index (χ2n) is 7.88. The van der Waals surface area contributed by atoms with Crippen LogP contribution in [0.3, 0.4) is 0 Å². The van der Waals surface area contributed by atoms with Crippen LogP contribution in [-0.2, 0) is 9.53 Å².